The minimum Gasteiger partial charge on any atom is -0.486 e. The van der Waals surface area contributed by atoms with Crippen LogP contribution in [0, 0.1) is 5.41 Å². The van der Waals surface area contributed by atoms with Gasteiger partial charge in [-0.3, -0.25) is 9.71 Å². The molecule has 1 heterocycles. The zero-order valence-electron chi connectivity index (χ0n) is 21.9. The van der Waals surface area contributed by atoms with Gasteiger partial charge in [0, 0.05) is 6.42 Å². The number of anilines is 1. The number of ether oxygens (including phenoxy) is 2. The fourth-order valence-electron chi connectivity index (χ4n) is 5.16. The van der Waals surface area contributed by atoms with Crippen molar-refractivity contribution >= 4 is 33.3 Å². The summed E-state index contributed by atoms with van der Waals surface area (Å²) in [5.41, 5.74) is 3.55. The largest absolute Gasteiger partial charge is 0.486 e. The van der Waals surface area contributed by atoms with Crippen LogP contribution in [0.5, 0.6) is 5.75 Å². The van der Waals surface area contributed by atoms with Crippen LogP contribution in [0.4, 0.5) is 18.9 Å². The molecule has 0 unspecified atom stereocenters. The van der Waals surface area contributed by atoms with E-state index in [1.54, 1.807) is 12.1 Å². The molecule has 3 aromatic carbocycles. The number of aryl methyl sites for hydroxylation is 1. The Morgan fingerprint density at radius 2 is 1.90 bits per heavy atom. The fraction of sp³-hybridized carbons (Fsp3) is 0.300. The molecule has 2 aliphatic rings. The maximum atomic E-state index is 13.9. The number of hydrogen-bond donors (Lipinski definition) is 1. The van der Waals surface area contributed by atoms with Gasteiger partial charge in [0.15, 0.2) is 5.90 Å². The number of halogens is 3. The van der Waals surface area contributed by atoms with Crippen LogP contribution in [0.3, 0.4) is 0 Å². The number of rotatable bonds is 6. The number of nitrogens with zero attached hydrogens (tertiary/aromatic N) is 1. The Labute approximate surface area is 231 Å². The van der Waals surface area contributed by atoms with Crippen molar-refractivity contribution in [3.63, 3.8) is 0 Å². The number of allylic oxidation sites excluding steroid dienone is 1. The van der Waals surface area contributed by atoms with Gasteiger partial charge in [0.2, 0.25) is 0 Å². The van der Waals surface area contributed by atoms with E-state index in [4.69, 9.17) is 14.9 Å². The highest BCUT2D eigenvalue weighted by Crippen LogP contribution is 2.41. The zero-order valence-corrected chi connectivity index (χ0v) is 22.7. The van der Waals surface area contributed by atoms with Crippen molar-refractivity contribution in [3.8, 4) is 5.75 Å². The second-order valence-corrected chi connectivity index (χ2v) is 11.7. The van der Waals surface area contributed by atoms with Crippen LogP contribution in [-0.4, -0.2) is 34.1 Å². The topological polar surface area (TPSA) is 79.7 Å². The maximum Gasteiger partial charge on any atom is 0.416 e. The summed E-state index contributed by atoms with van der Waals surface area (Å²) >= 11 is 0. The van der Waals surface area contributed by atoms with Crippen LogP contribution in [0.15, 0.2) is 71.6 Å². The van der Waals surface area contributed by atoms with Gasteiger partial charge < -0.3 is 9.47 Å². The highest BCUT2D eigenvalue weighted by molar-refractivity contribution is 7.92. The highest BCUT2D eigenvalue weighted by Gasteiger charge is 2.37. The van der Waals surface area contributed by atoms with Gasteiger partial charge in [-0.2, -0.15) is 13.2 Å². The number of benzene rings is 3. The lowest BCUT2D eigenvalue weighted by atomic mass is 9.86. The Morgan fingerprint density at radius 1 is 1.10 bits per heavy atom. The standard InChI is InChI=1S/C30H29F3N2O4S/c1-38-29(34)15-13-24-19-35(40(36,37)25-10-5-9-23(18-25)30(31,32)33)27-17-20(12-14-28(27)39-24)16-22-8-4-7-21-6-2-3-11-26(21)22/h2-3,5-6,9-12,14,16-18,24,34H,4,7-8,13,15,19H2,1H3/b22-16+,34-29?/t24-/m0/s1. The van der Waals surface area contributed by atoms with Crippen molar-refractivity contribution in [2.24, 2.45) is 0 Å². The van der Waals surface area contributed by atoms with Gasteiger partial charge in [-0.15, -0.1) is 0 Å². The molecule has 0 amide bonds. The van der Waals surface area contributed by atoms with Gasteiger partial charge in [0.25, 0.3) is 10.0 Å². The summed E-state index contributed by atoms with van der Waals surface area (Å²) in [6, 6.07) is 17.2. The van der Waals surface area contributed by atoms with Gasteiger partial charge in [-0.25, -0.2) is 8.42 Å². The Balaban J connectivity index is 1.56. The fourth-order valence-corrected chi connectivity index (χ4v) is 6.70. The summed E-state index contributed by atoms with van der Waals surface area (Å²) < 4.78 is 80.1. The molecule has 0 bridgehead atoms. The van der Waals surface area contributed by atoms with E-state index in [-0.39, 0.29) is 24.6 Å². The minimum absolute atomic E-state index is 0.0245. The van der Waals surface area contributed by atoms with Gasteiger partial charge in [-0.1, -0.05) is 42.5 Å². The summed E-state index contributed by atoms with van der Waals surface area (Å²) in [5.74, 6) is 0.332. The Kier molecular flexibility index (Phi) is 7.63. The van der Waals surface area contributed by atoms with Crippen LogP contribution in [0.25, 0.3) is 11.6 Å². The number of methoxy groups -OCH3 is 1. The second kappa shape index (κ2) is 11.0. The molecule has 1 aliphatic heterocycles. The van der Waals surface area contributed by atoms with E-state index in [1.165, 1.54) is 18.7 Å². The van der Waals surface area contributed by atoms with Crippen LogP contribution >= 0.6 is 0 Å². The van der Waals surface area contributed by atoms with Crippen molar-refractivity contribution in [2.75, 3.05) is 18.0 Å². The first-order valence-corrected chi connectivity index (χ1v) is 14.4. The molecule has 6 nitrogen and oxygen atoms in total. The van der Waals surface area contributed by atoms with E-state index in [1.807, 2.05) is 24.3 Å². The quantitative estimate of drug-likeness (QED) is 0.257. The molecule has 0 saturated carbocycles. The molecule has 0 saturated heterocycles. The number of fused-ring (bicyclic) bond motifs is 2. The van der Waals surface area contributed by atoms with E-state index in [9.17, 15) is 21.6 Å². The summed E-state index contributed by atoms with van der Waals surface area (Å²) in [4.78, 5) is -0.455. The number of nitrogens with one attached hydrogen (secondary N) is 1. The molecular weight excluding hydrogens is 541 g/mol. The predicted molar refractivity (Wildman–Crippen MR) is 148 cm³/mol. The molecule has 1 atom stereocenters. The smallest absolute Gasteiger partial charge is 0.416 e. The molecule has 5 rings (SSSR count). The number of alkyl halides is 3. The first kappa shape index (κ1) is 27.8. The van der Waals surface area contributed by atoms with Crippen molar-refractivity contribution in [3.05, 3.63) is 89.0 Å². The highest BCUT2D eigenvalue weighted by atomic mass is 32.2. The van der Waals surface area contributed by atoms with Crippen molar-refractivity contribution in [1.29, 1.82) is 5.41 Å². The predicted octanol–water partition coefficient (Wildman–Crippen LogP) is 6.94. The van der Waals surface area contributed by atoms with E-state index < -0.39 is 32.8 Å². The molecule has 3 aromatic rings. The van der Waals surface area contributed by atoms with Crippen molar-refractivity contribution in [2.45, 2.75) is 49.3 Å². The molecule has 0 fully saturated rings. The molecule has 40 heavy (non-hydrogen) atoms. The lowest BCUT2D eigenvalue weighted by Gasteiger charge is -2.36. The Morgan fingerprint density at radius 3 is 2.67 bits per heavy atom. The van der Waals surface area contributed by atoms with Gasteiger partial charge in [0.05, 0.1) is 29.8 Å². The molecule has 1 N–H and O–H groups in total. The third-order valence-electron chi connectivity index (χ3n) is 7.20. The summed E-state index contributed by atoms with van der Waals surface area (Å²) in [7, 11) is -3.01. The van der Waals surface area contributed by atoms with E-state index >= 15 is 0 Å². The van der Waals surface area contributed by atoms with Crippen LogP contribution in [-0.2, 0) is 27.4 Å². The summed E-state index contributed by atoms with van der Waals surface area (Å²) in [6.45, 7) is -0.120. The summed E-state index contributed by atoms with van der Waals surface area (Å²) in [6.07, 6.45) is 0.109. The Bertz CT molecular complexity index is 1570. The normalized spacial score (nSPS) is 18.1. The summed E-state index contributed by atoms with van der Waals surface area (Å²) in [5, 5.41) is 7.77. The van der Waals surface area contributed by atoms with Gasteiger partial charge in [-0.05, 0) is 78.3 Å². The molecule has 0 aromatic heterocycles. The molecular formula is C30H29F3N2O4S. The average molecular weight is 571 g/mol. The second-order valence-electron chi connectivity index (χ2n) is 9.88. The van der Waals surface area contributed by atoms with Crippen molar-refractivity contribution in [1.82, 2.24) is 0 Å². The molecule has 0 radical (unpaired) electrons. The number of hydrogen-bond acceptors (Lipinski definition) is 5. The van der Waals surface area contributed by atoms with Crippen LogP contribution in [0.1, 0.15) is 47.9 Å². The van der Waals surface area contributed by atoms with Gasteiger partial charge >= 0.3 is 6.18 Å². The van der Waals surface area contributed by atoms with E-state index in [0.29, 0.717) is 18.2 Å². The first-order chi connectivity index (χ1) is 19.1. The Hall–Kier alpha value is -3.79. The lowest BCUT2D eigenvalue weighted by Crippen LogP contribution is -2.43. The third-order valence-corrected chi connectivity index (χ3v) is 8.98. The maximum absolute atomic E-state index is 13.9. The number of sulfonamides is 1. The molecule has 1 aliphatic carbocycles. The first-order valence-electron chi connectivity index (χ1n) is 13.0. The van der Waals surface area contributed by atoms with Crippen LogP contribution in [0.2, 0.25) is 0 Å². The third kappa shape index (κ3) is 5.72. The zero-order chi connectivity index (χ0) is 28.5. The van der Waals surface area contributed by atoms with E-state index in [2.05, 4.69) is 12.1 Å². The van der Waals surface area contributed by atoms with Crippen molar-refractivity contribution < 1.29 is 31.1 Å². The van der Waals surface area contributed by atoms with Gasteiger partial charge in [0.1, 0.15) is 11.9 Å². The molecule has 0 spiro atoms. The molecule has 10 heteroatoms. The van der Waals surface area contributed by atoms with E-state index in [0.717, 1.165) is 52.4 Å². The molecule has 210 valence electrons. The average Bonchev–Trinajstić information content (AvgIpc) is 2.95. The van der Waals surface area contributed by atoms with Crippen LogP contribution < -0.4 is 9.04 Å². The lowest BCUT2D eigenvalue weighted by molar-refractivity contribution is -0.137. The minimum atomic E-state index is -4.69. The SMILES string of the molecule is COC(=N)CC[C@H]1CN(S(=O)(=O)c2cccc(C(F)(F)F)c2)c2cc(/C=C3\CCCc4ccccc43)ccc2O1. The monoisotopic (exact) mass is 570 g/mol.